The topological polar surface area (TPSA) is 130 Å². The second-order valence-electron chi connectivity index (χ2n) is 4.96. The number of hydrogen-bond donors (Lipinski definition) is 4. The minimum absolute atomic E-state index is 0. The third kappa shape index (κ3) is 2.74. The second kappa shape index (κ2) is 6.29. The fourth-order valence-electron chi connectivity index (χ4n) is 2.74. The number of hydrogen-bond acceptors (Lipinski definition) is 6. The predicted molar refractivity (Wildman–Crippen MR) is 71.9 cm³/mol. The van der Waals surface area contributed by atoms with E-state index in [0.717, 1.165) is 0 Å². The van der Waals surface area contributed by atoms with Crippen LogP contribution in [0.15, 0.2) is 23.3 Å². The monoisotopic (exact) mass is 316 g/mol. The molecule has 0 amide bonds. The van der Waals surface area contributed by atoms with Crippen LogP contribution in [0.2, 0.25) is 0 Å². The zero-order valence-electron chi connectivity index (χ0n) is 11.7. The average molecular weight is 316 g/mol. The summed E-state index contributed by atoms with van der Waals surface area (Å²) in [6, 6.07) is -0.263. The van der Waals surface area contributed by atoms with Gasteiger partial charge in [0, 0.05) is 5.92 Å². The van der Waals surface area contributed by atoms with Crippen LogP contribution in [0, 0.1) is 5.92 Å². The van der Waals surface area contributed by atoms with Crippen LogP contribution in [-0.2, 0) is 0 Å². The predicted octanol–water partition coefficient (Wildman–Crippen LogP) is -3.82. The zero-order chi connectivity index (χ0) is 14.4. The number of nitrogens with one attached hydrogen (secondary N) is 1. The summed E-state index contributed by atoms with van der Waals surface area (Å²) in [7, 11) is 0. The number of rotatable bonds is 2. The first-order valence-electron chi connectivity index (χ1n) is 6.23. The van der Waals surface area contributed by atoms with Crippen molar-refractivity contribution in [2.24, 2.45) is 5.92 Å². The second-order valence-corrected chi connectivity index (χ2v) is 4.96. The van der Waals surface area contributed by atoms with Gasteiger partial charge >= 0.3 is 51.4 Å². The van der Waals surface area contributed by atoms with Crippen LogP contribution in [-0.4, -0.2) is 42.4 Å². The SMILES string of the molecule is C=C1[C@H](CO)[C@@H](O)C[C@@H]1n1cnc2c(=O)[nH]c(N)nc21.[K+]. The number of aromatic nitrogens is 4. The summed E-state index contributed by atoms with van der Waals surface area (Å²) in [6.07, 6.45) is 1.20. The number of aliphatic hydroxyl groups is 2. The Hall–Kier alpha value is -0.554. The Morgan fingerprint density at radius 1 is 1.57 bits per heavy atom. The molecule has 5 N–H and O–H groups in total. The Labute approximate surface area is 162 Å². The molecule has 9 heteroatoms. The Morgan fingerprint density at radius 2 is 2.29 bits per heavy atom. The number of aliphatic hydroxyl groups excluding tert-OH is 2. The molecule has 1 fully saturated rings. The largest absolute Gasteiger partial charge is 1.00 e. The van der Waals surface area contributed by atoms with Crippen LogP contribution >= 0.6 is 0 Å². The number of nitrogen functional groups attached to an aromatic ring is 1. The summed E-state index contributed by atoms with van der Waals surface area (Å²) >= 11 is 0. The smallest absolute Gasteiger partial charge is 0.396 e. The summed E-state index contributed by atoms with van der Waals surface area (Å²) in [5, 5.41) is 19.2. The van der Waals surface area contributed by atoms with Crippen molar-refractivity contribution >= 4 is 17.1 Å². The van der Waals surface area contributed by atoms with Gasteiger partial charge in [-0.1, -0.05) is 6.58 Å². The van der Waals surface area contributed by atoms with E-state index in [2.05, 4.69) is 21.5 Å². The molecule has 0 bridgehead atoms. The van der Waals surface area contributed by atoms with Crippen molar-refractivity contribution in [3.63, 3.8) is 0 Å². The first-order valence-corrected chi connectivity index (χ1v) is 6.23. The van der Waals surface area contributed by atoms with E-state index in [1.807, 2.05) is 0 Å². The number of nitrogens with zero attached hydrogens (tertiary/aromatic N) is 3. The Morgan fingerprint density at radius 3 is 2.90 bits per heavy atom. The summed E-state index contributed by atoms with van der Waals surface area (Å²) in [4.78, 5) is 22.2. The molecule has 2 heterocycles. The summed E-state index contributed by atoms with van der Waals surface area (Å²) in [5.74, 6) is -0.371. The average Bonchev–Trinajstić information content (AvgIpc) is 2.91. The molecule has 0 saturated heterocycles. The molecule has 0 aromatic carbocycles. The van der Waals surface area contributed by atoms with Gasteiger partial charge in [0.05, 0.1) is 25.1 Å². The van der Waals surface area contributed by atoms with E-state index < -0.39 is 11.7 Å². The number of nitrogens with two attached hydrogens (primary N) is 1. The van der Waals surface area contributed by atoms with Gasteiger partial charge in [-0.3, -0.25) is 9.78 Å². The van der Waals surface area contributed by atoms with Gasteiger partial charge in [0.2, 0.25) is 5.95 Å². The van der Waals surface area contributed by atoms with Crippen LogP contribution < -0.4 is 62.7 Å². The van der Waals surface area contributed by atoms with Crippen molar-refractivity contribution in [3.8, 4) is 0 Å². The molecule has 1 aliphatic rings. The standard InChI is InChI=1S/C12H15N5O3.K/c1-5-6(3-18)8(19)2-7(5)17-4-14-9-10(17)15-12(13)16-11(9)20;/h4,6-8,18-19H,1-3H2,(H3,13,15,16,20);/q;+1/t6-,7-,8-;/m0./s1. The third-order valence-corrected chi connectivity index (χ3v) is 3.82. The number of aromatic amines is 1. The van der Waals surface area contributed by atoms with E-state index in [0.29, 0.717) is 17.6 Å². The molecule has 2 aromatic rings. The van der Waals surface area contributed by atoms with Gasteiger partial charge in [0.1, 0.15) is 0 Å². The van der Waals surface area contributed by atoms with E-state index in [9.17, 15) is 15.0 Å². The quantitative estimate of drug-likeness (QED) is 0.332. The van der Waals surface area contributed by atoms with E-state index in [1.54, 1.807) is 4.57 Å². The van der Waals surface area contributed by atoms with E-state index in [1.165, 1.54) is 6.33 Å². The molecule has 0 spiro atoms. The van der Waals surface area contributed by atoms with Crippen LogP contribution in [0.3, 0.4) is 0 Å². The van der Waals surface area contributed by atoms with Crippen molar-refractivity contribution < 1.29 is 61.6 Å². The van der Waals surface area contributed by atoms with Gasteiger partial charge in [-0.25, -0.2) is 4.98 Å². The van der Waals surface area contributed by atoms with Crippen molar-refractivity contribution in [2.45, 2.75) is 18.6 Å². The van der Waals surface area contributed by atoms with E-state index in [-0.39, 0.29) is 81.4 Å². The zero-order valence-corrected chi connectivity index (χ0v) is 14.8. The molecule has 106 valence electrons. The summed E-state index contributed by atoms with van der Waals surface area (Å²) in [5.41, 5.74) is 6.37. The number of imidazole rings is 1. The van der Waals surface area contributed by atoms with Crippen molar-refractivity contribution in [1.29, 1.82) is 0 Å². The van der Waals surface area contributed by atoms with Gasteiger partial charge in [0.25, 0.3) is 5.56 Å². The maximum Gasteiger partial charge on any atom is 1.00 e. The van der Waals surface area contributed by atoms with Crippen LogP contribution in [0.5, 0.6) is 0 Å². The van der Waals surface area contributed by atoms with E-state index in [4.69, 9.17) is 5.73 Å². The maximum absolute atomic E-state index is 11.7. The fraction of sp³-hybridized carbons (Fsp3) is 0.417. The van der Waals surface area contributed by atoms with Gasteiger partial charge in [-0.2, -0.15) is 4.98 Å². The minimum atomic E-state index is -0.672. The van der Waals surface area contributed by atoms with E-state index >= 15 is 0 Å². The summed E-state index contributed by atoms with van der Waals surface area (Å²) < 4.78 is 1.67. The maximum atomic E-state index is 11.7. The van der Waals surface area contributed by atoms with Gasteiger partial charge in [-0.05, 0) is 12.0 Å². The van der Waals surface area contributed by atoms with Crippen LogP contribution in [0.4, 0.5) is 5.95 Å². The molecule has 1 aliphatic carbocycles. The van der Waals surface area contributed by atoms with Crippen molar-refractivity contribution in [2.75, 3.05) is 12.3 Å². The summed E-state index contributed by atoms with van der Waals surface area (Å²) in [6.45, 7) is 3.76. The molecule has 0 aliphatic heterocycles. The fourth-order valence-corrected chi connectivity index (χ4v) is 2.74. The molecule has 3 atom stereocenters. The van der Waals surface area contributed by atoms with Gasteiger partial charge in [0.15, 0.2) is 11.2 Å². The molecule has 8 nitrogen and oxygen atoms in total. The van der Waals surface area contributed by atoms with Gasteiger partial charge < -0.3 is 20.5 Å². The molecule has 0 unspecified atom stereocenters. The molecule has 1 saturated carbocycles. The Bertz CT molecular complexity index is 740. The molecule has 0 radical (unpaired) electrons. The van der Waals surface area contributed by atoms with Crippen molar-refractivity contribution in [1.82, 2.24) is 19.5 Å². The van der Waals surface area contributed by atoms with Gasteiger partial charge in [-0.15, -0.1) is 0 Å². The molecule has 2 aromatic heterocycles. The Kier molecular flexibility index (Phi) is 5.03. The first kappa shape index (κ1) is 16.8. The number of fused-ring (bicyclic) bond motifs is 1. The number of anilines is 1. The number of H-pyrrole nitrogens is 1. The minimum Gasteiger partial charge on any atom is -0.396 e. The normalized spacial score (nSPS) is 25.2. The van der Waals surface area contributed by atoms with Crippen LogP contribution in [0.25, 0.3) is 11.2 Å². The molecular formula is C12H15KN5O3+. The molecule has 21 heavy (non-hydrogen) atoms. The Balaban J connectivity index is 0.00000161. The molecule has 3 rings (SSSR count). The third-order valence-electron chi connectivity index (χ3n) is 3.82. The molecular weight excluding hydrogens is 301 g/mol. The van der Waals surface area contributed by atoms with Crippen LogP contribution in [0.1, 0.15) is 12.5 Å². The first-order chi connectivity index (χ1) is 9.52. The van der Waals surface area contributed by atoms with Crippen molar-refractivity contribution in [3.05, 3.63) is 28.8 Å².